The minimum absolute atomic E-state index is 0.0290. The zero-order valence-electron chi connectivity index (χ0n) is 10.8. The van der Waals surface area contributed by atoms with Gasteiger partial charge in [-0.25, -0.2) is 4.79 Å². The number of carbonyl (C=O) groups excluding carboxylic acids is 1. The van der Waals surface area contributed by atoms with Crippen LogP contribution >= 0.6 is 0 Å². The Kier molecular flexibility index (Phi) is 4.81. The van der Waals surface area contributed by atoms with Gasteiger partial charge in [-0.1, -0.05) is 11.8 Å². The number of benzene rings is 1. The number of ether oxygens (including phenoxy) is 1. The standard InChI is InChI=1S/C13H11NO6/c1-8-9(4-3-5-12(15)16)6-10(14(18)19)7-11(8)13(17)20-2/h6-7H,5H2,1-2H3,(H,15,16). The van der Waals surface area contributed by atoms with Gasteiger partial charge in [-0.15, -0.1) is 0 Å². The first kappa shape index (κ1) is 15.2. The Morgan fingerprint density at radius 1 is 1.45 bits per heavy atom. The molecule has 0 amide bonds. The van der Waals surface area contributed by atoms with Crippen molar-refractivity contribution in [1.82, 2.24) is 0 Å². The number of aliphatic carboxylic acids is 1. The van der Waals surface area contributed by atoms with Crippen molar-refractivity contribution < 1.29 is 24.4 Å². The van der Waals surface area contributed by atoms with Gasteiger partial charge in [0.25, 0.3) is 5.69 Å². The minimum atomic E-state index is -1.10. The fourth-order valence-electron chi connectivity index (χ4n) is 1.47. The highest BCUT2D eigenvalue weighted by Gasteiger charge is 2.18. The molecule has 0 saturated heterocycles. The molecule has 1 aromatic carbocycles. The van der Waals surface area contributed by atoms with Crippen molar-refractivity contribution in [3.8, 4) is 11.8 Å². The van der Waals surface area contributed by atoms with Gasteiger partial charge in [0.15, 0.2) is 0 Å². The Morgan fingerprint density at radius 3 is 2.60 bits per heavy atom. The summed E-state index contributed by atoms with van der Waals surface area (Å²) in [6, 6.07) is 2.29. The summed E-state index contributed by atoms with van der Waals surface area (Å²) in [5.41, 5.74) is 0.345. The number of carboxylic acids is 1. The maximum Gasteiger partial charge on any atom is 0.338 e. The molecule has 0 bridgehead atoms. The maximum absolute atomic E-state index is 11.6. The molecule has 1 N–H and O–H groups in total. The van der Waals surface area contributed by atoms with Gasteiger partial charge in [0.2, 0.25) is 0 Å². The molecule has 1 aromatic rings. The molecule has 7 nitrogen and oxygen atoms in total. The third kappa shape index (κ3) is 3.55. The zero-order chi connectivity index (χ0) is 15.3. The van der Waals surface area contributed by atoms with Crippen LogP contribution < -0.4 is 0 Å². The lowest BCUT2D eigenvalue weighted by Gasteiger charge is -2.06. The van der Waals surface area contributed by atoms with E-state index < -0.39 is 23.3 Å². The Bertz CT molecular complexity index is 638. The molecule has 0 heterocycles. The van der Waals surface area contributed by atoms with Gasteiger partial charge < -0.3 is 9.84 Å². The third-order valence-electron chi connectivity index (χ3n) is 2.47. The van der Waals surface area contributed by atoms with Gasteiger partial charge in [-0.3, -0.25) is 14.9 Å². The van der Waals surface area contributed by atoms with E-state index in [1.54, 1.807) is 6.92 Å². The molecule has 20 heavy (non-hydrogen) atoms. The summed E-state index contributed by atoms with van der Waals surface area (Å²) in [5.74, 6) is 3.07. The number of hydrogen-bond acceptors (Lipinski definition) is 5. The number of carbonyl (C=O) groups is 2. The highest BCUT2D eigenvalue weighted by molar-refractivity contribution is 5.92. The number of hydrogen-bond donors (Lipinski definition) is 1. The normalized spacial score (nSPS) is 9.30. The zero-order valence-corrected chi connectivity index (χ0v) is 10.8. The first-order chi connectivity index (χ1) is 9.36. The Hall–Kier alpha value is -2.88. The second-order valence-corrected chi connectivity index (χ2v) is 3.79. The molecule has 0 fully saturated rings. The second-order valence-electron chi connectivity index (χ2n) is 3.79. The van der Waals surface area contributed by atoms with Gasteiger partial charge >= 0.3 is 11.9 Å². The lowest BCUT2D eigenvalue weighted by molar-refractivity contribution is -0.384. The number of nitro groups is 1. The number of nitro benzene ring substituents is 1. The average Bonchev–Trinajstić information content (AvgIpc) is 2.39. The van der Waals surface area contributed by atoms with Crippen molar-refractivity contribution in [3.05, 3.63) is 38.9 Å². The number of carboxylic acid groups (broad SMARTS) is 1. The lowest BCUT2D eigenvalue weighted by Crippen LogP contribution is -2.06. The molecule has 0 aliphatic heterocycles. The lowest BCUT2D eigenvalue weighted by atomic mass is 10.0. The van der Waals surface area contributed by atoms with Crippen molar-refractivity contribution in [2.45, 2.75) is 13.3 Å². The molecule has 0 spiro atoms. The number of methoxy groups -OCH3 is 1. The molecule has 0 aliphatic rings. The largest absolute Gasteiger partial charge is 0.481 e. The summed E-state index contributed by atoms with van der Waals surface area (Å²) in [6.07, 6.45) is -0.393. The van der Waals surface area contributed by atoms with Crippen LogP contribution in [0, 0.1) is 28.9 Å². The molecule has 7 heteroatoms. The van der Waals surface area contributed by atoms with Crippen LogP contribution in [0.25, 0.3) is 0 Å². The summed E-state index contributed by atoms with van der Waals surface area (Å²) < 4.78 is 4.55. The van der Waals surface area contributed by atoms with E-state index in [0.29, 0.717) is 5.56 Å². The Balaban J connectivity index is 3.37. The topological polar surface area (TPSA) is 107 Å². The first-order valence-electron chi connectivity index (χ1n) is 5.44. The molecule has 1 rings (SSSR count). The van der Waals surface area contributed by atoms with Gasteiger partial charge in [0, 0.05) is 17.7 Å². The van der Waals surface area contributed by atoms with Gasteiger partial charge in [0.1, 0.15) is 6.42 Å². The summed E-state index contributed by atoms with van der Waals surface area (Å²) in [6.45, 7) is 1.56. The fourth-order valence-corrected chi connectivity index (χ4v) is 1.47. The number of nitrogens with zero attached hydrogens (tertiary/aromatic N) is 1. The number of esters is 1. The maximum atomic E-state index is 11.6. The predicted molar refractivity (Wildman–Crippen MR) is 68.3 cm³/mol. The van der Waals surface area contributed by atoms with E-state index in [4.69, 9.17) is 5.11 Å². The van der Waals surface area contributed by atoms with Crippen LogP contribution in [0.2, 0.25) is 0 Å². The second kappa shape index (κ2) is 6.33. The van der Waals surface area contributed by atoms with Gasteiger partial charge in [-0.2, -0.15) is 0 Å². The first-order valence-corrected chi connectivity index (χ1v) is 5.44. The number of rotatable bonds is 3. The van der Waals surface area contributed by atoms with E-state index >= 15 is 0 Å². The van der Waals surface area contributed by atoms with E-state index in [0.717, 1.165) is 13.2 Å². The molecular formula is C13H11NO6. The summed E-state index contributed by atoms with van der Waals surface area (Å²) in [7, 11) is 1.16. The molecule has 0 unspecified atom stereocenters. The molecule has 0 saturated carbocycles. The van der Waals surface area contributed by atoms with Crippen LogP contribution in [-0.2, 0) is 9.53 Å². The van der Waals surface area contributed by atoms with Crippen molar-refractivity contribution in [3.63, 3.8) is 0 Å². The number of non-ortho nitro benzene ring substituents is 1. The van der Waals surface area contributed by atoms with Crippen LogP contribution in [0.5, 0.6) is 0 Å². The van der Waals surface area contributed by atoms with Crippen LogP contribution in [0.1, 0.15) is 27.9 Å². The monoisotopic (exact) mass is 277 g/mol. The van der Waals surface area contributed by atoms with Crippen molar-refractivity contribution >= 4 is 17.6 Å². The van der Waals surface area contributed by atoms with E-state index in [2.05, 4.69) is 16.6 Å². The summed E-state index contributed by atoms with van der Waals surface area (Å²) in [5, 5.41) is 19.3. The third-order valence-corrected chi connectivity index (χ3v) is 2.47. The van der Waals surface area contributed by atoms with Crippen LogP contribution in [-0.4, -0.2) is 29.1 Å². The van der Waals surface area contributed by atoms with E-state index in [1.165, 1.54) is 6.07 Å². The molecule has 104 valence electrons. The van der Waals surface area contributed by atoms with Crippen molar-refractivity contribution in [2.75, 3.05) is 7.11 Å². The van der Waals surface area contributed by atoms with Crippen LogP contribution in [0.3, 0.4) is 0 Å². The van der Waals surface area contributed by atoms with Crippen LogP contribution in [0.4, 0.5) is 5.69 Å². The molecule has 0 aliphatic carbocycles. The van der Waals surface area contributed by atoms with E-state index in [-0.39, 0.29) is 16.8 Å². The highest BCUT2D eigenvalue weighted by atomic mass is 16.6. The van der Waals surface area contributed by atoms with Crippen molar-refractivity contribution in [1.29, 1.82) is 0 Å². The van der Waals surface area contributed by atoms with E-state index in [9.17, 15) is 19.7 Å². The molecule has 0 atom stereocenters. The Labute approximate surface area is 114 Å². The fraction of sp³-hybridized carbons (Fsp3) is 0.231. The SMILES string of the molecule is COC(=O)c1cc([N+](=O)[O-])cc(C#CCC(=O)O)c1C. The quantitative estimate of drug-likeness (QED) is 0.388. The van der Waals surface area contributed by atoms with Crippen molar-refractivity contribution in [2.24, 2.45) is 0 Å². The van der Waals surface area contributed by atoms with Gasteiger partial charge in [-0.05, 0) is 12.5 Å². The average molecular weight is 277 g/mol. The summed E-state index contributed by atoms with van der Waals surface area (Å²) in [4.78, 5) is 32.1. The molecule has 0 radical (unpaired) electrons. The Morgan fingerprint density at radius 2 is 2.10 bits per heavy atom. The predicted octanol–water partition coefficient (Wildman–Crippen LogP) is 1.52. The summed E-state index contributed by atoms with van der Waals surface area (Å²) >= 11 is 0. The molecule has 0 aromatic heterocycles. The minimum Gasteiger partial charge on any atom is -0.481 e. The van der Waals surface area contributed by atoms with Gasteiger partial charge in [0.05, 0.1) is 17.6 Å². The van der Waals surface area contributed by atoms with E-state index in [1.807, 2.05) is 0 Å². The van der Waals surface area contributed by atoms with Crippen LogP contribution in [0.15, 0.2) is 12.1 Å². The smallest absolute Gasteiger partial charge is 0.338 e. The molecular weight excluding hydrogens is 266 g/mol. The highest BCUT2D eigenvalue weighted by Crippen LogP contribution is 2.22.